The second kappa shape index (κ2) is 9.71. The normalized spacial score (nSPS) is 15.3. The quantitative estimate of drug-likeness (QED) is 0.259. The molecular weight excluding hydrogens is 480 g/mol. The molecule has 0 radical (unpaired) electrons. The summed E-state index contributed by atoms with van der Waals surface area (Å²) >= 11 is 0. The summed E-state index contributed by atoms with van der Waals surface area (Å²) in [6, 6.07) is 29.8. The van der Waals surface area contributed by atoms with E-state index in [2.05, 4.69) is 4.98 Å². The Morgan fingerprint density at radius 2 is 1.66 bits per heavy atom. The van der Waals surface area contributed by atoms with Crippen LogP contribution in [-0.2, 0) is 11.3 Å². The van der Waals surface area contributed by atoms with Gasteiger partial charge in [-0.3, -0.25) is 14.6 Å². The van der Waals surface area contributed by atoms with E-state index < -0.39 is 23.5 Å². The molecule has 1 N–H and O–H groups in total. The van der Waals surface area contributed by atoms with E-state index in [0.29, 0.717) is 28.3 Å². The van der Waals surface area contributed by atoms with Crippen LogP contribution in [0.2, 0.25) is 0 Å². The van der Waals surface area contributed by atoms with Gasteiger partial charge in [0.15, 0.2) is 11.5 Å². The van der Waals surface area contributed by atoms with Crippen LogP contribution < -0.4 is 4.74 Å². The first-order chi connectivity index (χ1) is 18.6. The van der Waals surface area contributed by atoms with Gasteiger partial charge in [-0.2, -0.15) is 0 Å². The maximum Gasteiger partial charge on any atom is 0.290 e. The molecule has 6 rings (SSSR count). The number of hydrogen-bond acceptors (Lipinski definition) is 6. The third kappa shape index (κ3) is 4.30. The molecule has 0 bridgehead atoms. The number of para-hydroxylation sites is 2. The van der Waals surface area contributed by atoms with E-state index in [1.807, 2.05) is 54.6 Å². The number of carbonyl (C=O) groups is 2. The molecule has 3 aromatic carbocycles. The summed E-state index contributed by atoms with van der Waals surface area (Å²) in [5.41, 5.74) is 1.71. The van der Waals surface area contributed by atoms with Gasteiger partial charge in [-0.1, -0.05) is 54.6 Å². The van der Waals surface area contributed by atoms with E-state index >= 15 is 0 Å². The van der Waals surface area contributed by atoms with Crippen molar-refractivity contribution >= 4 is 22.7 Å². The predicted octanol–water partition coefficient (Wildman–Crippen LogP) is 6.40. The van der Waals surface area contributed by atoms with Gasteiger partial charge in [0.1, 0.15) is 17.1 Å². The molecule has 5 aromatic rings. The minimum absolute atomic E-state index is 0.0435. The average molecular weight is 503 g/mol. The average Bonchev–Trinajstić information content (AvgIpc) is 3.49. The lowest BCUT2D eigenvalue weighted by Crippen LogP contribution is -2.31. The van der Waals surface area contributed by atoms with Crippen molar-refractivity contribution in [1.82, 2.24) is 9.88 Å². The van der Waals surface area contributed by atoms with E-state index in [1.165, 1.54) is 4.90 Å². The van der Waals surface area contributed by atoms with Crippen LogP contribution in [0.25, 0.3) is 11.0 Å². The summed E-state index contributed by atoms with van der Waals surface area (Å²) in [6.07, 6.45) is 1.63. The highest BCUT2D eigenvalue weighted by Crippen LogP contribution is 2.41. The molecule has 1 aliphatic heterocycles. The first-order valence-corrected chi connectivity index (χ1v) is 12.1. The second-order valence-electron chi connectivity index (χ2n) is 8.88. The van der Waals surface area contributed by atoms with Gasteiger partial charge in [0, 0.05) is 11.6 Å². The maximum absolute atomic E-state index is 13.8. The van der Waals surface area contributed by atoms with Crippen molar-refractivity contribution in [2.24, 2.45) is 0 Å². The molecule has 1 amide bonds. The van der Waals surface area contributed by atoms with Crippen molar-refractivity contribution in [2.45, 2.75) is 12.6 Å². The fourth-order valence-corrected chi connectivity index (χ4v) is 4.66. The lowest BCUT2D eigenvalue weighted by Gasteiger charge is -2.26. The molecule has 0 fully saturated rings. The van der Waals surface area contributed by atoms with Crippen LogP contribution in [0.3, 0.4) is 0 Å². The van der Waals surface area contributed by atoms with E-state index in [1.54, 1.807) is 54.7 Å². The Morgan fingerprint density at radius 3 is 2.45 bits per heavy atom. The number of aromatic nitrogens is 1. The molecule has 1 aliphatic rings. The molecule has 3 heterocycles. The van der Waals surface area contributed by atoms with Crippen LogP contribution in [0.15, 0.2) is 125 Å². The van der Waals surface area contributed by atoms with Gasteiger partial charge in [-0.05, 0) is 54.1 Å². The van der Waals surface area contributed by atoms with Crippen LogP contribution in [0.1, 0.15) is 27.9 Å². The molecule has 38 heavy (non-hydrogen) atoms. The molecule has 186 valence electrons. The fourth-order valence-electron chi connectivity index (χ4n) is 4.66. The molecule has 1 atom stereocenters. The van der Waals surface area contributed by atoms with Gasteiger partial charge in [-0.15, -0.1) is 0 Å². The molecule has 0 saturated carbocycles. The highest BCUT2D eigenvalue weighted by molar-refractivity contribution is 6.16. The lowest BCUT2D eigenvalue weighted by molar-refractivity contribution is -0.130. The topological polar surface area (TPSA) is 92.9 Å². The van der Waals surface area contributed by atoms with Gasteiger partial charge in [0.25, 0.3) is 5.91 Å². The third-order valence-corrected chi connectivity index (χ3v) is 6.41. The number of rotatable bonds is 7. The van der Waals surface area contributed by atoms with Crippen molar-refractivity contribution in [2.75, 3.05) is 0 Å². The van der Waals surface area contributed by atoms with Gasteiger partial charge in [0.2, 0.25) is 5.78 Å². The Hall–Kier alpha value is -5.17. The summed E-state index contributed by atoms with van der Waals surface area (Å²) in [6.45, 7) is 0.0923. The summed E-state index contributed by atoms with van der Waals surface area (Å²) in [4.78, 5) is 32.9. The van der Waals surface area contributed by atoms with Gasteiger partial charge in [0.05, 0.1) is 23.9 Å². The smallest absolute Gasteiger partial charge is 0.290 e. The van der Waals surface area contributed by atoms with E-state index in [-0.39, 0.29) is 17.9 Å². The number of amides is 1. The van der Waals surface area contributed by atoms with Gasteiger partial charge < -0.3 is 19.2 Å². The summed E-state index contributed by atoms with van der Waals surface area (Å²) in [5, 5.41) is 11.8. The molecule has 2 aromatic heterocycles. The Kier molecular flexibility index (Phi) is 5.94. The minimum Gasteiger partial charge on any atom is -0.503 e. The number of Topliss-reactive ketones (excluding diaryl/α,β-unsaturated/α-hetero) is 1. The third-order valence-electron chi connectivity index (χ3n) is 6.41. The predicted molar refractivity (Wildman–Crippen MR) is 141 cm³/mol. The SMILES string of the molecule is O=C(C1=C(O)C(=O)N(Cc2ccccn2)C1c1cccc(Oc2ccccc2)c1)c1cc2ccccc2o1. The van der Waals surface area contributed by atoms with E-state index in [9.17, 15) is 14.7 Å². The number of carbonyl (C=O) groups excluding carboxylic acids is 2. The van der Waals surface area contributed by atoms with Crippen molar-refractivity contribution in [3.8, 4) is 11.5 Å². The lowest BCUT2D eigenvalue weighted by atomic mass is 9.94. The number of hydrogen-bond donors (Lipinski definition) is 1. The number of fused-ring (bicyclic) bond motifs is 1. The summed E-state index contributed by atoms with van der Waals surface area (Å²) in [7, 11) is 0. The van der Waals surface area contributed by atoms with E-state index in [4.69, 9.17) is 9.15 Å². The number of aliphatic hydroxyl groups excluding tert-OH is 1. The Morgan fingerprint density at radius 1 is 0.895 bits per heavy atom. The number of benzene rings is 3. The summed E-state index contributed by atoms with van der Waals surface area (Å²) in [5.74, 6) is -0.604. The van der Waals surface area contributed by atoms with Crippen LogP contribution in [0.5, 0.6) is 11.5 Å². The van der Waals surface area contributed by atoms with Crippen LogP contribution >= 0.6 is 0 Å². The van der Waals surface area contributed by atoms with E-state index in [0.717, 1.165) is 5.39 Å². The van der Waals surface area contributed by atoms with Gasteiger partial charge in [-0.25, -0.2) is 0 Å². The number of aliphatic hydroxyl groups is 1. The molecule has 0 spiro atoms. The van der Waals surface area contributed by atoms with Crippen LogP contribution in [0.4, 0.5) is 0 Å². The standard InChI is InChI=1S/C31H22N2O5/c34-29(26-18-20-9-4-5-15-25(20)38-26)27-28(33(31(36)30(27)35)19-22-11-6-7-16-32-22)21-10-8-14-24(17-21)37-23-12-2-1-3-13-23/h1-18,28,35H,19H2. The fraction of sp³-hybridized carbons (Fsp3) is 0.0645. The molecule has 7 heteroatoms. The van der Waals surface area contributed by atoms with Crippen molar-refractivity contribution in [3.05, 3.63) is 138 Å². The Balaban J connectivity index is 1.43. The monoisotopic (exact) mass is 502 g/mol. The van der Waals surface area contributed by atoms with Crippen LogP contribution in [-0.4, -0.2) is 26.7 Å². The van der Waals surface area contributed by atoms with Crippen molar-refractivity contribution in [1.29, 1.82) is 0 Å². The number of furan rings is 1. The molecule has 0 saturated heterocycles. The Labute approximate surface area is 218 Å². The second-order valence-corrected chi connectivity index (χ2v) is 8.88. The number of ketones is 1. The minimum atomic E-state index is -0.885. The van der Waals surface area contributed by atoms with Gasteiger partial charge >= 0.3 is 0 Å². The molecule has 0 aliphatic carbocycles. The molecular formula is C31H22N2O5. The zero-order chi connectivity index (χ0) is 26.1. The van der Waals surface area contributed by atoms with Crippen molar-refractivity contribution in [3.63, 3.8) is 0 Å². The maximum atomic E-state index is 13.8. The largest absolute Gasteiger partial charge is 0.503 e. The van der Waals surface area contributed by atoms with Crippen molar-refractivity contribution < 1.29 is 23.8 Å². The zero-order valence-electron chi connectivity index (χ0n) is 20.2. The highest BCUT2D eigenvalue weighted by atomic mass is 16.5. The first kappa shape index (κ1) is 23.2. The molecule has 7 nitrogen and oxygen atoms in total. The molecule has 1 unspecified atom stereocenters. The number of ether oxygens (including phenoxy) is 1. The highest BCUT2D eigenvalue weighted by Gasteiger charge is 2.44. The first-order valence-electron chi connectivity index (χ1n) is 12.1. The number of nitrogens with zero attached hydrogens (tertiary/aromatic N) is 2. The number of pyridine rings is 1. The van der Waals surface area contributed by atoms with Crippen LogP contribution in [0, 0.1) is 0 Å². The zero-order valence-corrected chi connectivity index (χ0v) is 20.2. The summed E-state index contributed by atoms with van der Waals surface area (Å²) < 4.78 is 11.8. The Bertz CT molecular complexity index is 1640.